The van der Waals surface area contributed by atoms with Gasteiger partial charge in [0.15, 0.2) is 10.4 Å². The van der Waals surface area contributed by atoms with Crippen molar-refractivity contribution in [3.05, 3.63) is 16.5 Å². The number of carbonyl (C=O) groups excluding carboxylic acids is 1. The van der Waals surface area contributed by atoms with Gasteiger partial charge in [-0.2, -0.15) is 0 Å². The Morgan fingerprint density at radius 2 is 2.22 bits per heavy atom. The molecule has 0 aliphatic rings. The van der Waals surface area contributed by atoms with Gasteiger partial charge >= 0.3 is 0 Å². The molecule has 18 heavy (non-hydrogen) atoms. The molecule has 0 aliphatic carbocycles. The van der Waals surface area contributed by atoms with Crippen molar-refractivity contribution < 1.29 is 17.6 Å². The van der Waals surface area contributed by atoms with Gasteiger partial charge in [-0.3, -0.25) is 4.79 Å². The van der Waals surface area contributed by atoms with Gasteiger partial charge in [0.1, 0.15) is 4.90 Å². The van der Waals surface area contributed by atoms with Gasteiger partial charge in [0.05, 0.1) is 0 Å². The molecule has 0 bridgehead atoms. The second-order valence-electron chi connectivity index (χ2n) is 3.91. The molecule has 0 radical (unpaired) electrons. The molecule has 1 aromatic heterocycles. The van der Waals surface area contributed by atoms with Crippen molar-refractivity contribution in [1.82, 2.24) is 5.32 Å². The minimum absolute atomic E-state index is 0.0776. The molecule has 1 heterocycles. The van der Waals surface area contributed by atoms with Gasteiger partial charge in [-0.05, 0) is 21.8 Å². The largest absolute Gasteiger partial charge is 0.443 e. The summed E-state index contributed by atoms with van der Waals surface area (Å²) in [5.41, 5.74) is 0. The van der Waals surface area contributed by atoms with E-state index < -0.39 is 15.0 Å². The van der Waals surface area contributed by atoms with E-state index in [9.17, 15) is 13.2 Å². The van der Waals surface area contributed by atoms with Gasteiger partial charge in [0.25, 0.3) is 15.0 Å². The van der Waals surface area contributed by atoms with E-state index in [4.69, 9.17) is 15.1 Å². The molecule has 1 amide bonds. The predicted octanol–water partition coefficient (Wildman–Crippen LogP) is 2.75. The molecule has 1 aromatic rings. The lowest BCUT2D eigenvalue weighted by Gasteiger charge is -2.08. The van der Waals surface area contributed by atoms with E-state index in [-0.39, 0.29) is 15.3 Å². The molecule has 0 spiro atoms. The van der Waals surface area contributed by atoms with E-state index in [1.54, 1.807) is 0 Å². The minimum Gasteiger partial charge on any atom is -0.443 e. The third-order valence-electron chi connectivity index (χ3n) is 2.45. The van der Waals surface area contributed by atoms with Gasteiger partial charge in [-0.1, -0.05) is 20.3 Å². The van der Waals surface area contributed by atoms with Crippen molar-refractivity contribution in [2.45, 2.75) is 25.2 Å². The minimum atomic E-state index is -3.93. The average molecular weight is 359 g/mol. The van der Waals surface area contributed by atoms with Crippen molar-refractivity contribution in [1.29, 1.82) is 0 Å². The van der Waals surface area contributed by atoms with E-state index in [1.807, 2.05) is 13.8 Å². The van der Waals surface area contributed by atoms with E-state index in [1.165, 1.54) is 0 Å². The summed E-state index contributed by atoms with van der Waals surface area (Å²) in [6.07, 6.45) is 0.934. The molecule has 1 N–H and O–H groups in total. The van der Waals surface area contributed by atoms with Crippen LogP contribution in [0.2, 0.25) is 0 Å². The zero-order valence-electron chi connectivity index (χ0n) is 9.87. The number of nitrogens with one attached hydrogen (secondary N) is 1. The first-order valence-corrected chi connectivity index (χ1v) is 8.38. The van der Waals surface area contributed by atoms with Crippen LogP contribution in [-0.2, 0) is 9.05 Å². The summed E-state index contributed by atoms with van der Waals surface area (Å²) in [5, 5.41) is 2.65. The van der Waals surface area contributed by atoms with Crippen LogP contribution in [0.4, 0.5) is 0 Å². The first kappa shape index (κ1) is 15.5. The van der Waals surface area contributed by atoms with Crippen LogP contribution in [0.3, 0.4) is 0 Å². The van der Waals surface area contributed by atoms with E-state index in [0.29, 0.717) is 12.5 Å². The molecule has 1 atom stereocenters. The Hall–Kier alpha value is -0.530. The predicted molar refractivity (Wildman–Crippen MR) is 71.2 cm³/mol. The van der Waals surface area contributed by atoms with Crippen LogP contribution in [0, 0.1) is 5.92 Å². The molecular weight excluding hydrogens is 346 g/mol. The van der Waals surface area contributed by atoms with Gasteiger partial charge in [-0.25, -0.2) is 8.42 Å². The Kier molecular flexibility index (Phi) is 5.24. The highest BCUT2D eigenvalue weighted by Crippen LogP contribution is 2.28. The molecule has 0 saturated heterocycles. The van der Waals surface area contributed by atoms with Crippen LogP contribution in [0.5, 0.6) is 0 Å². The van der Waals surface area contributed by atoms with Gasteiger partial charge in [0, 0.05) is 23.3 Å². The Labute approximate surface area is 118 Å². The summed E-state index contributed by atoms with van der Waals surface area (Å²) < 4.78 is 27.2. The number of rotatable bonds is 5. The normalized spacial score (nSPS) is 13.3. The summed E-state index contributed by atoms with van der Waals surface area (Å²) >= 11 is 2.90. The quantitative estimate of drug-likeness (QED) is 0.821. The third kappa shape index (κ3) is 4.00. The maximum Gasteiger partial charge on any atom is 0.287 e. The van der Waals surface area contributed by atoms with Crippen molar-refractivity contribution in [3.8, 4) is 0 Å². The lowest BCUT2D eigenvalue weighted by molar-refractivity contribution is 0.0918. The highest BCUT2D eigenvalue weighted by atomic mass is 79.9. The third-order valence-corrected chi connectivity index (χ3v) is 4.63. The van der Waals surface area contributed by atoms with E-state index in [2.05, 4.69) is 21.2 Å². The standard InChI is InChI=1S/C10H13BrClNO4S/c1-3-6(2)5-13-10(14)7-4-8(9(11)17-7)18(12,15)16/h4,6H,3,5H2,1-2H3,(H,13,14). The number of halogens is 2. The number of carbonyl (C=O) groups is 1. The average Bonchev–Trinajstić information content (AvgIpc) is 2.67. The number of hydrogen-bond donors (Lipinski definition) is 1. The van der Waals surface area contributed by atoms with Crippen LogP contribution in [-0.4, -0.2) is 20.9 Å². The SMILES string of the molecule is CCC(C)CNC(=O)c1cc(S(=O)(=O)Cl)c(Br)o1. The summed E-state index contributed by atoms with van der Waals surface area (Å²) in [6.45, 7) is 4.50. The highest BCUT2D eigenvalue weighted by molar-refractivity contribution is 9.10. The van der Waals surface area contributed by atoms with Gasteiger partial charge < -0.3 is 9.73 Å². The molecule has 0 aromatic carbocycles. The lowest BCUT2D eigenvalue weighted by atomic mass is 10.1. The van der Waals surface area contributed by atoms with Crippen LogP contribution < -0.4 is 5.32 Å². The second kappa shape index (κ2) is 6.08. The Bertz CT molecular complexity index is 540. The van der Waals surface area contributed by atoms with Crippen molar-refractivity contribution in [3.63, 3.8) is 0 Å². The Balaban J connectivity index is 2.83. The molecule has 0 fully saturated rings. The molecule has 102 valence electrons. The summed E-state index contributed by atoms with van der Waals surface area (Å²) in [6, 6.07) is 1.10. The van der Waals surface area contributed by atoms with Crippen molar-refractivity contribution >= 4 is 41.6 Å². The van der Waals surface area contributed by atoms with Gasteiger partial charge in [0.2, 0.25) is 0 Å². The monoisotopic (exact) mass is 357 g/mol. The molecule has 0 saturated carbocycles. The molecule has 5 nitrogen and oxygen atoms in total. The molecule has 1 unspecified atom stereocenters. The first-order valence-electron chi connectivity index (χ1n) is 5.27. The summed E-state index contributed by atoms with van der Waals surface area (Å²) in [5.74, 6) is -0.226. The van der Waals surface area contributed by atoms with Crippen LogP contribution in [0.15, 0.2) is 20.0 Å². The van der Waals surface area contributed by atoms with Gasteiger partial charge in [-0.15, -0.1) is 0 Å². The number of amides is 1. The van der Waals surface area contributed by atoms with E-state index in [0.717, 1.165) is 12.5 Å². The van der Waals surface area contributed by atoms with Crippen LogP contribution in [0.1, 0.15) is 30.8 Å². The van der Waals surface area contributed by atoms with Crippen LogP contribution in [0.25, 0.3) is 0 Å². The lowest BCUT2D eigenvalue weighted by Crippen LogP contribution is -2.27. The molecule has 1 rings (SSSR count). The zero-order valence-corrected chi connectivity index (χ0v) is 13.0. The summed E-state index contributed by atoms with van der Waals surface area (Å²) in [7, 11) is 1.25. The highest BCUT2D eigenvalue weighted by Gasteiger charge is 2.23. The Morgan fingerprint density at radius 1 is 1.61 bits per heavy atom. The number of hydrogen-bond acceptors (Lipinski definition) is 4. The topological polar surface area (TPSA) is 76.4 Å². The molecular formula is C10H13BrClNO4S. The zero-order chi connectivity index (χ0) is 13.9. The maximum absolute atomic E-state index is 11.7. The smallest absolute Gasteiger partial charge is 0.287 e. The molecule has 0 aliphatic heterocycles. The fourth-order valence-corrected chi connectivity index (χ4v) is 3.16. The first-order chi connectivity index (χ1) is 8.25. The van der Waals surface area contributed by atoms with Crippen molar-refractivity contribution in [2.24, 2.45) is 5.92 Å². The fraction of sp³-hybridized carbons (Fsp3) is 0.500. The van der Waals surface area contributed by atoms with Crippen molar-refractivity contribution in [2.75, 3.05) is 6.54 Å². The van der Waals surface area contributed by atoms with Crippen LogP contribution >= 0.6 is 26.6 Å². The molecule has 8 heteroatoms. The maximum atomic E-state index is 11.7. The van der Waals surface area contributed by atoms with E-state index >= 15 is 0 Å². The summed E-state index contributed by atoms with van der Waals surface area (Å²) in [4.78, 5) is 11.4. The number of furan rings is 1. The fourth-order valence-electron chi connectivity index (χ4n) is 1.13. The second-order valence-corrected chi connectivity index (χ2v) is 7.16. The Morgan fingerprint density at radius 3 is 2.67 bits per heavy atom.